The van der Waals surface area contributed by atoms with Crippen molar-refractivity contribution in [2.24, 2.45) is 0 Å². The van der Waals surface area contributed by atoms with Crippen LogP contribution < -0.4 is 10.2 Å². The highest BCUT2D eigenvalue weighted by atomic mass is 16.2. The molecule has 1 aliphatic rings. The largest absolute Gasteiger partial charge is 0.368 e. The molecule has 2 aromatic rings. The lowest BCUT2D eigenvalue weighted by molar-refractivity contribution is -0.129. The minimum atomic E-state index is -0.189. The van der Waals surface area contributed by atoms with Crippen LogP contribution in [0.4, 0.5) is 5.69 Å². The summed E-state index contributed by atoms with van der Waals surface area (Å²) in [7, 11) is 0. The van der Waals surface area contributed by atoms with Crippen molar-refractivity contribution >= 4 is 17.5 Å². The first-order valence-electron chi connectivity index (χ1n) is 8.87. The zero-order chi connectivity index (χ0) is 18.5. The summed E-state index contributed by atoms with van der Waals surface area (Å²) in [6, 6.07) is 13.5. The topological polar surface area (TPSA) is 65.5 Å². The molecule has 1 saturated heterocycles. The van der Waals surface area contributed by atoms with Crippen molar-refractivity contribution in [2.75, 3.05) is 31.1 Å². The Balaban J connectivity index is 1.65. The number of hydrogen-bond donors (Lipinski definition) is 1. The molecule has 2 amide bonds. The molecule has 1 aliphatic heterocycles. The molecular weight excluding hydrogens is 328 g/mol. The van der Waals surface area contributed by atoms with E-state index in [1.54, 1.807) is 13.1 Å². The normalized spacial score (nSPS) is 15.5. The summed E-state index contributed by atoms with van der Waals surface area (Å²) < 4.78 is 0. The van der Waals surface area contributed by atoms with Gasteiger partial charge in [0.25, 0.3) is 5.91 Å². The molecule has 1 aromatic carbocycles. The summed E-state index contributed by atoms with van der Waals surface area (Å²) in [5.41, 5.74) is 2.41. The number of hydrogen-bond acceptors (Lipinski definition) is 4. The summed E-state index contributed by atoms with van der Waals surface area (Å²) in [5.74, 6) is -0.0834. The number of amides is 2. The van der Waals surface area contributed by atoms with Crippen molar-refractivity contribution in [3.05, 3.63) is 59.9 Å². The summed E-state index contributed by atoms with van der Waals surface area (Å²) in [4.78, 5) is 32.2. The van der Waals surface area contributed by atoms with E-state index in [0.29, 0.717) is 18.8 Å². The van der Waals surface area contributed by atoms with E-state index in [4.69, 9.17) is 0 Å². The summed E-state index contributed by atoms with van der Waals surface area (Å²) in [6.45, 7) is 6.46. The van der Waals surface area contributed by atoms with Crippen LogP contribution in [0.1, 0.15) is 35.9 Å². The molecule has 1 fully saturated rings. The van der Waals surface area contributed by atoms with Gasteiger partial charge in [0.05, 0.1) is 6.04 Å². The molecule has 1 atom stereocenters. The average molecular weight is 352 g/mol. The Hall–Kier alpha value is -2.89. The number of aromatic nitrogens is 1. The standard InChI is InChI=1S/C20H24N4O2/c1-15(17-6-4-3-5-7-17)22-20(26)19-14-18(8-9-21-19)24-12-10-23(11-13-24)16(2)25/h3-9,14-15H,10-13H2,1-2H3,(H,22,26). The second-order valence-electron chi connectivity index (χ2n) is 6.50. The molecule has 136 valence electrons. The van der Waals surface area contributed by atoms with Crippen LogP contribution in [0.5, 0.6) is 0 Å². The number of rotatable bonds is 4. The molecule has 6 nitrogen and oxygen atoms in total. The second-order valence-corrected chi connectivity index (χ2v) is 6.50. The maximum Gasteiger partial charge on any atom is 0.270 e. The molecule has 6 heteroatoms. The van der Waals surface area contributed by atoms with Gasteiger partial charge in [-0.15, -0.1) is 0 Å². The summed E-state index contributed by atoms with van der Waals surface area (Å²) >= 11 is 0. The van der Waals surface area contributed by atoms with Crippen molar-refractivity contribution in [1.82, 2.24) is 15.2 Å². The van der Waals surface area contributed by atoms with Crippen LogP contribution in [0.15, 0.2) is 48.7 Å². The van der Waals surface area contributed by atoms with Crippen molar-refractivity contribution in [3.8, 4) is 0 Å². The molecule has 0 saturated carbocycles. The van der Waals surface area contributed by atoms with Crippen LogP contribution in [0, 0.1) is 0 Å². The first-order valence-corrected chi connectivity index (χ1v) is 8.87. The zero-order valence-corrected chi connectivity index (χ0v) is 15.2. The van der Waals surface area contributed by atoms with E-state index in [2.05, 4.69) is 15.2 Å². The molecule has 1 N–H and O–H groups in total. The fraction of sp³-hybridized carbons (Fsp3) is 0.350. The number of pyridine rings is 1. The fourth-order valence-corrected chi connectivity index (χ4v) is 3.12. The van der Waals surface area contributed by atoms with Crippen LogP contribution in [0.25, 0.3) is 0 Å². The maximum absolute atomic E-state index is 12.6. The monoisotopic (exact) mass is 352 g/mol. The quantitative estimate of drug-likeness (QED) is 0.916. The van der Waals surface area contributed by atoms with Gasteiger partial charge in [-0.2, -0.15) is 0 Å². The number of carbonyl (C=O) groups is 2. The Morgan fingerprint density at radius 2 is 1.77 bits per heavy atom. The Morgan fingerprint density at radius 3 is 2.42 bits per heavy atom. The van der Waals surface area contributed by atoms with E-state index in [1.165, 1.54) is 0 Å². The lowest BCUT2D eigenvalue weighted by atomic mass is 10.1. The minimum absolute atomic E-state index is 0.0896. The number of carbonyl (C=O) groups excluding carboxylic acids is 2. The molecule has 3 rings (SSSR count). The highest BCUT2D eigenvalue weighted by Gasteiger charge is 2.20. The van der Waals surface area contributed by atoms with Gasteiger partial charge in [0.15, 0.2) is 0 Å². The lowest BCUT2D eigenvalue weighted by Crippen LogP contribution is -2.48. The van der Waals surface area contributed by atoms with Crippen LogP contribution in [0.2, 0.25) is 0 Å². The molecule has 0 bridgehead atoms. The highest BCUT2D eigenvalue weighted by molar-refractivity contribution is 5.93. The summed E-state index contributed by atoms with van der Waals surface area (Å²) in [5, 5.41) is 2.99. The third-order valence-corrected chi connectivity index (χ3v) is 4.71. The Kier molecular flexibility index (Phi) is 5.51. The minimum Gasteiger partial charge on any atom is -0.368 e. The van der Waals surface area contributed by atoms with Crippen molar-refractivity contribution in [1.29, 1.82) is 0 Å². The zero-order valence-electron chi connectivity index (χ0n) is 15.2. The molecule has 2 heterocycles. The van der Waals surface area contributed by atoms with Gasteiger partial charge in [-0.1, -0.05) is 30.3 Å². The number of nitrogens with one attached hydrogen (secondary N) is 1. The van der Waals surface area contributed by atoms with Crippen molar-refractivity contribution in [2.45, 2.75) is 19.9 Å². The molecule has 26 heavy (non-hydrogen) atoms. The first-order chi connectivity index (χ1) is 12.5. The highest BCUT2D eigenvalue weighted by Crippen LogP contribution is 2.18. The van der Waals surface area contributed by atoms with E-state index in [-0.39, 0.29) is 17.9 Å². The number of nitrogens with zero attached hydrogens (tertiary/aromatic N) is 3. The van der Waals surface area contributed by atoms with E-state index >= 15 is 0 Å². The smallest absolute Gasteiger partial charge is 0.270 e. The second kappa shape index (κ2) is 7.99. The van der Waals surface area contributed by atoms with E-state index in [9.17, 15) is 9.59 Å². The van der Waals surface area contributed by atoms with Gasteiger partial charge in [-0.3, -0.25) is 14.6 Å². The Morgan fingerprint density at radius 1 is 1.08 bits per heavy atom. The van der Waals surface area contributed by atoms with Crippen LogP contribution >= 0.6 is 0 Å². The van der Waals surface area contributed by atoms with Gasteiger partial charge in [-0.25, -0.2) is 0 Å². The Bertz CT molecular complexity index is 770. The molecule has 0 radical (unpaired) electrons. The fourth-order valence-electron chi connectivity index (χ4n) is 3.12. The van der Waals surface area contributed by atoms with Crippen LogP contribution in [-0.2, 0) is 4.79 Å². The predicted molar refractivity (Wildman–Crippen MR) is 101 cm³/mol. The van der Waals surface area contributed by atoms with E-state index in [1.807, 2.05) is 54.3 Å². The van der Waals surface area contributed by atoms with Gasteiger partial charge < -0.3 is 15.1 Å². The third-order valence-electron chi connectivity index (χ3n) is 4.71. The molecule has 1 unspecified atom stereocenters. The number of anilines is 1. The van der Waals surface area contributed by atoms with Gasteiger partial charge in [0.2, 0.25) is 5.91 Å². The SMILES string of the molecule is CC(=O)N1CCN(c2ccnc(C(=O)NC(C)c3ccccc3)c2)CC1. The lowest BCUT2D eigenvalue weighted by Gasteiger charge is -2.35. The van der Waals surface area contributed by atoms with E-state index < -0.39 is 0 Å². The molecular formula is C20H24N4O2. The van der Waals surface area contributed by atoms with Gasteiger partial charge in [0, 0.05) is 45.0 Å². The molecule has 0 aliphatic carbocycles. The summed E-state index contributed by atoms with van der Waals surface area (Å²) in [6.07, 6.45) is 1.66. The third kappa shape index (κ3) is 4.20. The van der Waals surface area contributed by atoms with Crippen molar-refractivity contribution in [3.63, 3.8) is 0 Å². The molecule has 1 aromatic heterocycles. The van der Waals surface area contributed by atoms with E-state index in [0.717, 1.165) is 24.3 Å². The average Bonchev–Trinajstić information content (AvgIpc) is 2.68. The first kappa shape index (κ1) is 17.9. The number of piperazine rings is 1. The molecule has 0 spiro atoms. The van der Waals surface area contributed by atoms with Gasteiger partial charge >= 0.3 is 0 Å². The Labute approximate surface area is 153 Å². The van der Waals surface area contributed by atoms with Crippen molar-refractivity contribution < 1.29 is 9.59 Å². The van der Waals surface area contributed by atoms with Crippen LogP contribution in [0.3, 0.4) is 0 Å². The van der Waals surface area contributed by atoms with Crippen LogP contribution in [-0.4, -0.2) is 47.9 Å². The van der Waals surface area contributed by atoms with Gasteiger partial charge in [-0.05, 0) is 24.6 Å². The maximum atomic E-state index is 12.6. The predicted octanol–water partition coefficient (Wildman–Crippen LogP) is 2.24. The number of benzene rings is 1. The van der Waals surface area contributed by atoms with Gasteiger partial charge in [0.1, 0.15) is 5.69 Å².